The summed E-state index contributed by atoms with van der Waals surface area (Å²) in [5.74, 6) is 0.231. The van der Waals surface area contributed by atoms with Gasteiger partial charge in [0.15, 0.2) is 5.78 Å². The standard InChI is InChI=1S/C12H15NO.C7H6/c1-3-13-12(2)8-9-6-4-5-7-10(9)11(12)14;1-2-6-4-7(3-1)5-6/h4-7,13H,3,8H2,1-2H3;1-4H,5H2. The largest absolute Gasteiger partial charge is 0.305 e. The van der Waals surface area contributed by atoms with Gasteiger partial charge in [0, 0.05) is 5.56 Å². The first-order valence-electron chi connectivity index (χ1n) is 7.58. The van der Waals surface area contributed by atoms with Crippen LogP contribution in [-0.4, -0.2) is 17.9 Å². The lowest BCUT2D eigenvalue weighted by molar-refractivity contribution is 0.0890. The van der Waals surface area contributed by atoms with Crippen LogP contribution in [0, 0.1) is 0 Å². The quantitative estimate of drug-likeness (QED) is 0.779. The fraction of sp³-hybridized carbons (Fsp3) is 0.316. The van der Waals surface area contributed by atoms with Gasteiger partial charge in [0.05, 0.1) is 5.54 Å². The van der Waals surface area contributed by atoms with E-state index in [0.717, 1.165) is 18.5 Å². The molecule has 1 unspecified atom stereocenters. The monoisotopic (exact) mass is 279 g/mol. The molecule has 3 aliphatic carbocycles. The summed E-state index contributed by atoms with van der Waals surface area (Å²) in [6.07, 6.45) is 2.03. The second-order valence-corrected chi connectivity index (χ2v) is 6.02. The molecule has 1 N–H and O–H groups in total. The Morgan fingerprint density at radius 3 is 2.24 bits per heavy atom. The average molecular weight is 279 g/mol. The van der Waals surface area contributed by atoms with Crippen LogP contribution in [0.15, 0.2) is 48.5 Å². The van der Waals surface area contributed by atoms with E-state index in [1.54, 1.807) is 0 Å². The van der Waals surface area contributed by atoms with Gasteiger partial charge in [-0.05, 0) is 43.0 Å². The van der Waals surface area contributed by atoms with Gasteiger partial charge >= 0.3 is 0 Å². The van der Waals surface area contributed by atoms with Crippen molar-refractivity contribution in [3.05, 3.63) is 70.8 Å². The molecule has 0 radical (unpaired) electrons. The van der Waals surface area contributed by atoms with Crippen LogP contribution in [0.5, 0.6) is 0 Å². The number of nitrogens with one attached hydrogen (secondary N) is 1. The number of hydrogen-bond acceptors (Lipinski definition) is 2. The molecule has 0 amide bonds. The highest BCUT2D eigenvalue weighted by molar-refractivity contribution is 6.07. The number of likely N-dealkylation sites (N-methyl/N-ethyl adjacent to an activating group) is 1. The molecule has 21 heavy (non-hydrogen) atoms. The number of benzene rings is 2. The van der Waals surface area contributed by atoms with Crippen LogP contribution in [-0.2, 0) is 12.8 Å². The van der Waals surface area contributed by atoms with Gasteiger partial charge in [0.2, 0.25) is 0 Å². The zero-order valence-corrected chi connectivity index (χ0v) is 12.6. The summed E-state index contributed by atoms with van der Waals surface area (Å²) >= 11 is 0. The third kappa shape index (κ3) is 2.64. The fourth-order valence-corrected chi connectivity index (χ4v) is 3.14. The Kier molecular flexibility index (Phi) is 3.64. The van der Waals surface area contributed by atoms with E-state index in [-0.39, 0.29) is 11.3 Å². The van der Waals surface area contributed by atoms with E-state index >= 15 is 0 Å². The Morgan fingerprint density at radius 1 is 1.10 bits per heavy atom. The third-order valence-corrected chi connectivity index (χ3v) is 4.27. The molecule has 0 heterocycles. The first-order chi connectivity index (χ1) is 10.1. The normalized spacial score (nSPS) is 21.1. The molecule has 2 aromatic rings. The minimum atomic E-state index is -0.377. The minimum absolute atomic E-state index is 0.231. The van der Waals surface area contributed by atoms with E-state index in [4.69, 9.17) is 0 Å². The molecule has 0 saturated heterocycles. The molecule has 5 rings (SSSR count). The number of Topliss-reactive ketones (excluding diaryl/α,β-unsaturated/α-hetero) is 1. The van der Waals surface area contributed by atoms with Gasteiger partial charge in [-0.25, -0.2) is 0 Å². The number of fused-ring (bicyclic) bond motifs is 3. The highest BCUT2D eigenvalue weighted by atomic mass is 16.1. The maximum Gasteiger partial charge on any atom is 0.183 e. The first kappa shape index (κ1) is 14.0. The van der Waals surface area contributed by atoms with Crippen molar-refractivity contribution in [3.8, 4) is 0 Å². The Balaban J connectivity index is 0.000000156. The van der Waals surface area contributed by atoms with Gasteiger partial charge in [-0.1, -0.05) is 55.5 Å². The summed E-state index contributed by atoms with van der Waals surface area (Å²) in [6.45, 7) is 4.84. The van der Waals surface area contributed by atoms with Gasteiger partial charge in [0.25, 0.3) is 0 Å². The molecule has 0 fully saturated rings. The van der Waals surface area contributed by atoms with Crippen molar-refractivity contribution in [2.24, 2.45) is 0 Å². The summed E-state index contributed by atoms with van der Waals surface area (Å²) in [7, 11) is 0. The number of ketones is 1. The lowest BCUT2D eigenvalue weighted by atomic mass is 9.94. The second kappa shape index (κ2) is 5.45. The molecule has 108 valence electrons. The van der Waals surface area contributed by atoms with E-state index in [1.807, 2.05) is 38.1 Å². The molecule has 2 bridgehead atoms. The summed E-state index contributed by atoms with van der Waals surface area (Å²) in [6, 6.07) is 16.5. The second-order valence-electron chi connectivity index (χ2n) is 6.02. The van der Waals surface area contributed by atoms with E-state index in [2.05, 4.69) is 29.6 Å². The van der Waals surface area contributed by atoms with Crippen molar-refractivity contribution in [3.63, 3.8) is 0 Å². The van der Waals surface area contributed by atoms with Crippen molar-refractivity contribution in [2.45, 2.75) is 32.2 Å². The zero-order chi connectivity index (χ0) is 14.9. The van der Waals surface area contributed by atoms with Crippen LogP contribution in [0.4, 0.5) is 0 Å². The zero-order valence-electron chi connectivity index (χ0n) is 12.6. The highest BCUT2D eigenvalue weighted by Crippen LogP contribution is 2.29. The summed E-state index contributed by atoms with van der Waals surface area (Å²) in [5, 5.41) is 3.27. The molecule has 0 saturated carbocycles. The lowest BCUT2D eigenvalue weighted by Crippen LogP contribution is -2.47. The van der Waals surface area contributed by atoms with Gasteiger partial charge in [-0.2, -0.15) is 0 Å². The van der Waals surface area contributed by atoms with Crippen LogP contribution in [0.1, 0.15) is 40.9 Å². The van der Waals surface area contributed by atoms with Crippen molar-refractivity contribution >= 4 is 5.78 Å². The van der Waals surface area contributed by atoms with E-state index < -0.39 is 0 Å². The smallest absolute Gasteiger partial charge is 0.183 e. The molecule has 2 nitrogen and oxygen atoms in total. The van der Waals surface area contributed by atoms with Crippen molar-refractivity contribution in [1.29, 1.82) is 0 Å². The average Bonchev–Trinajstić information content (AvgIpc) is 2.72. The van der Waals surface area contributed by atoms with E-state index in [9.17, 15) is 4.79 Å². The topological polar surface area (TPSA) is 29.1 Å². The summed E-state index contributed by atoms with van der Waals surface area (Å²) < 4.78 is 0. The number of rotatable bonds is 2. The molecule has 2 aromatic carbocycles. The van der Waals surface area contributed by atoms with Crippen molar-refractivity contribution in [1.82, 2.24) is 5.32 Å². The summed E-state index contributed by atoms with van der Waals surface area (Å²) in [4.78, 5) is 12.0. The molecule has 3 aliphatic rings. The van der Waals surface area contributed by atoms with Gasteiger partial charge in [-0.3, -0.25) is 4.79 Å². The molecule has 1 atom stereocenters. The maximum atomic E-state index is 12.0. The molecular formula is C19H21NO. The molecule has 2 heteroatoms. The highest BCUT2D eigenvalue weighted by Gasteiger charge is 2.40. The van der Waals surface area contributed by atoms with E-state index in [0.29, 0.717) is 0 Å². The molecule has 0 spiro atoms. The van der Waals surface area contributed by atoms with Crippen molar-refractivity contribution < 1.29 is 4.79 Å². The van der Waals surface area contributed by atoms with Gasteiger partial charge in [0.1, 0.15) is 0 Å². The van der Waals surface area contributed by atoms with Crippen LogP contribution >= 0.6 is 0 Å². The summed E-state index contributed by atoms with van der Waals surface area (Å²) in [5.41, 5.74) is 4.64. The SMILES string of the molecule is CCNC1(C)Cc2ccccc2C1=O.c1cc2cc(c1)C2. The van der Waals surface area contributed by atoms with Gasteiger partial charge < -0.3 is 5.32 Å². The van der Waals surface area contributed by atoms with Crippen LogP contribution in [0.25, 0.3) is 0 Å². The predicted octanol–water partition coefficient (Wildman–Crippen LogP) is 3.38. The maximum absolute atomic E-state index is 12.0. The molecular weight excluding hydrogens is 258 g/mol. The Bertz CT molecular complexity index is 652. The van der Waals surface area contributed by atoms with Crippen molar-refractivity contribution in [2.75, 3.05) is 6.54 Å². The Hall–Kier alpha value is -1.93. The fourth-order valence-electron chi connectivity index (χ4n) is 3.14. The lowest BCUT2D eigenvalue weighted by Gasteiger charge is -2.22. The van der Waals surface area contributed by atoms with E-state index in [1.165, 1.54) is 23.1 Å². The van der Waals surface area contributed by atoms with Crippen LogP contribution in [0.2, 0.25) is 0 Å². The van der Waals surface area contributed by atoms with Crippen LogP contribution < -0.4 is 5.32 Å². The minimum Gasteiger partial charge on any atom is -0.305 e. The predicted molar refractivity (Wildman–Crippen MR) is 85.8 cm³/mol. The third-order valence-electron chi connectivity index (χ3n) is 4.27. The molecule has 0 aliphatic heterocycles. The number of hydrogen-bond donors (Lipinski definition) is 1. The number of carbonyl (C=O) groups excluding carboxylic acids is 1. The first-order valence-corrected chi connectivity index (χ1v) is 7.58. The van der Waals surface area contributed by atoms with Gasteiger partial charge in [-0.15, -0.1) is 0 Å². The Labute approximate surface area is 126 Å². The Morgan fingerprint density at radius 2 is 1.76 bits per heavy atom. The molecule has 0 aromatic heterocycles. The van der Waals surface area contributed by atoms with Crippen LogP contribution in [0.3, 0.4) is 0 Å². The number of carbonyl (C=O) groups is 1.